The molecule has 1 aliphatic rings. The maximum Gasteiger partial charge on any atom is 0.224 e. The number of aliphatic hydroxyl groups is 1. The molecule has 0 bridgehead atoms. The van der Waals surface area contributed by atoms with Crippen LogP contribution in [-0.2, 0) is 4.79 Å². The van der Waals surface area contributed by atoms with Crippen LogP contribution in [0.1, 0.15) is 44.3 Å². The smallest absolute Gasteiger partial charge is 0.224 e. The number of aliphatic hydroxyl groups excluding tert-OH is 1. The second-order valence-corrected chi connectivity index (χ2v) is 6.39. The highest BCUT2D eigenvalue weighted by molar-refractivity contribution is 5.78. The molecule has 0 radical (unpaired) electrons. The minimum Gasteiger partial charge on any atom is -0.387 e. The fraction of sp³-hybridized carbons (Fsp3) is 0.611. The van der Waals surface area contributed by atoms with Crippen LogP contribution >= 0.6 is 0 Å². The van der Waals surface area contributed by atoms with Crippen LogP contribution in [0.3, 0.4) is 0 Å². The van der Waals surface area contributed by atoms with Gasteiger partial charge in [-0.1, -0.05) is 19.4 Å². The molecule has 2 unspecified atom stereocenters. The summed E-state index contributed by atoms with van der Waals surface area (Å²) in [5.74, 6) is -1.59. The molecule has 1 saturated heterocycles. The van der Waals surface area contributed by atoms with E-state index < -0.39 is 17.7 Å². The van der Waals surface area contributed by atoms with Crippen LogP contribution < -0.4 is 5.32 Å². The van der Waals surface area contributed by atoms with Crippen molar-refractivity contribution in [2.24, 2.45) is 5.92 Å². The summed E-state index contributed by atoms with van der Waals surface area (Å²) in [6.07, 6.45) is 2.37. The van der Waals surface area contributed by atoms with E-state index in [9.17, 15) is 18.7 Å². The Balaban J connectivity index is 1.91. The first-order chi connectivity index (χ1) is 11.5. The first-order valence-electron chi connectivity index (χ1n) is 8.65. The van der Waals surface area contributed by atoms with E-state index in [0.717, 1.165) is 37.8 Å². The summed E-state index contributed by atoms with van der Waals surface area (Å²) in [7, 11) is 0. The van der Waals surface area contributed by atoms with Gasteiger partial charge < -0.3 is 10.4 Å². The first kappa shape index (κ1) is 18.8. The van der Waals surface area contributed by atoms with Crippen LogP contribution in [0, 0.1) is 17.6 Å². The summed E-state index contributed by atoms with van der Waals surface area (Å²) >= 11 is 0. The topological polar surface area (TPSA) is 52.6 Å². The maximum atomic E-state index is 13.8. The number of nitrogens with one attached hydrogen (secondary N) is 1. The van der Waals surface area contributed by atoms with Crippen molar-refractivity contribution >= 4 is 5.91 Å². The number of amides is 1. The molecule has 4 nitrogen and oxygen atoms in total. The van der Waals surface area contributed by atoms with Crippen molar-refractivity contribution in [1.29, 1.82) is 0 Å². The third-order valence-corrected chi connectivity index (χ3v) is 4.47. The zero-order valence-corrected chi connectivity index (χ0v) is 14.1. The van der Waals surface area contributed by atoms with Crippen LogP contribution in [0.25, 0.3) is 0 Å². The van der Waals surface area contributed by atoms with Gasteiger partial charge in [-0.2, -0.15) is 0 Å². The van der Waals surface area contributed by atoms with E-state index in [-0.39, 0.29) is 23.9 Å². The minimum absolute atomic E-state index is 0.0275. The Morgan fingerprint density at radius 3 is 2.79 bits per heavy atom. The lowest BCUT2D eigenvalue weighted by molar-refractivity contribution is -0.126. The number of halogens is 2. The van der Waals surface area contributed by atoms with Crippen LogP contribution in [0.5, 0.6) is 0 Å². The van der Waals surface area contributed by atoms with Gasteiger partial charge >= 0.3 is 0 Å². The number of benzene rings is 1. The van der Waals surface area contributed by atoms with E-state index in [2.05, 4.69) is 12.2 Å². The molecular weight excluding hydrogens is 314 g/mol. The normalized spacial score (nSPS) is 19.9. The molecule has 2 atom stereocenters. The average Bonchev–Trinajstić information content (AvgIpc) is 2.55. The van der Waals surface area contributed by atoms with Crippen LogP contribution in [0.4, 0.5) is 8.78 Å². The third kappa shape index (κ3) is 4.98. The molecular formula is C18H26F2N2O2. The largest absolute Gasteiger partial charge is 0.387 e. The van der Waals surface area contributed by atoms with Crippen LogP contribution in [0.15, 0.2) is 18.2 Å². The van der Waals surface area contributed by atoms with Gasteiger partial charge in [-0.15, -0.1) is 0 Å². The maximum absolute atomic E-state index is 13.8. The molecule has 0 aromatic heterocycles. The number of likely N-dealkylation sites (tertiary alicyclic amines) is 1. The highest BCUT2D eigenvalue weighted by Gasteiger charge is 2.28. The number of β-amino-alcohol motifs (C(OH)–C–C–N with tert-alkyl or cyclic N) is 1. The van der Waals surface area contributed by atoms with Gasteiger partial charge in [0.1, 0.15) is 11.6 Å². The predicted molar refractivity (Wildman–Crippen MR) is 88.4 cm³/mol. The standard InChI is InChI=1S/C18H26F2N2O2/c1-2-3-9-21-18(24)13-6-5-10-22(11-13)12-16(23)17-14(19)7-4-8-15(17)20/h4,7-8,13,16,23H,2-3,5-6,9-12H2,1H3,(H,21,24). The summed E-state index contributed by atoms with van der Waals surface area (Å²) in [6, 6.07) is 3.56. The molecule has 1 fully saturated rings. The summed E-state index contributed by atoms with van der Waals surface area (Å²) in [5, 5.41) is 13.1. The molecule has 2 rings (SSSR count). The van der Waals surface area contributed by atoms with Crippen molar-refractivity contribution in [3.05, 3.63) is 35.4 Å². The molecule has 1 aliphatic heterocycles. The third-order valence-electron chi connectivity index (χ3n) is 4.47. The monoisotopic (exact) mass is 340 g/mol. The lowest BCUT2D eigenvalue weighted by atomic mass is 9.96. The van der Waals surface area contributed by atoms with E-state index >= 15 is 0 Å². The molecule has 1 amide bonds. The van der Waals surface area contributed by atoms with E-state index in [1.807, 2.05) is 4.90 Å². The second-order valence-electron chi connectivity index (χ2n) is 6.39. The Bertz CT molecular complexity index is 534. The molecule has 1 aromatic carbocycles. The predicted octanol–water partition coefficient (Wildman–Crippen LogP) is 2.63. The molecule has 134 valence electrons. The van der Waals surface area contributed by atoms with Gasteiger partial charge in [-0.25, -0.2) is 8.78 Å². The fourth-order valence-electron chi connectivity index (χ4n) is 3.13. The average molecular weight is 340 g/mol. The fourth-order valence-corrected chi connectivity index (χ4v) is 3.13. The van der Waals surface area contributed by atoms with Crippen molar-refractivity contribution in [3.63, 3.8) is 0 Å². The van der Waals surface area contributed by atoms with E-state index in [1.54, 1.807) is 0 Å². The van der Waals surface area contributed by atoms with Gasteiger partial charge in [0.25, 0.3) is 0 Å². The van der Waals surface area contributed by atoms with Gasteiger partial charge in [-0.05, 0) is 37.9 Å². The number of carbonyl (C=O) groups is 1. The lowest BCUT2D eigenvalue weighted by Crippen LogP contribution is -2.44. The number of hydrogen-bond acceptors (Lipinski definition) is 3. The first-order valence-corrected chi connectivity index (χ1v) is 8.65. The van der Waals surface area contributed by atoms with Gasteiger partial charge in [0.05, 0.1) is 17.6 Å². The lowest BCUT2D eigenvalue weighted by Gasteiger charge is -2.33. The molecule has 24 heavy (non-hydrogen) atoms. The zero-order valence-electron chi connectivity index (χ0n) is 14.1. The number of carbonyl (C=O) groups excluding carboxylic acids is 1. The van der Waals surface area contributed by atoms with Gasteiger partial charge in [-0.3, -0.25) is 9.69 Å². The highest BCUT2D eigenvalue weighted by Crippen LogP contribution is 2.24. The van der Waals surface area contributed by atoms with Crippen molar-refractivity contribution in [3.8, 4) is 0 Å². The summed E-state index contributed by atoms with van der Waals surface area (Å²) < 4.78 is 27.5. The quantitative estimate of drug-likeness (QED) is 0.750. The molecule has 0 saturated carbocycles. The summed E-state index contributed by atoms with van der Waals surface area (Å²) in [5.41, 5.74) is -0.299. The molecule has 0 spiro atoms. The molecule has 0 aliphatic carbocycles. The van der Waals surface area contributed by atoms with Crippen molar-refractivity contribution in [2.45, 2.75) is 38.7 Å². The minimum atomic E-state index is -1.24. The van der Waals surface area contributed by atoms with Crippen molar-refractivity contribution in [2.75, 3.05) is 26.2 Å². The molecule has 1 aromatic rings. The Kier molecular flexibility index (Phi) is 7.12. The Morgan fingerprint density at radius 1 is 1.42 bits per heavy atom. The molecule has 2 N–H and O–H groups in total. The second kappa shape index (κ2) is 9.08. The van der Waals surface area contributed by atoms with Gasteiger partial charge in [0.15, 0.2) is 0 Å². The van der Waals surface area contributed by atoms with Crippen molar-refractivity contribution < 1.29 is 18.7 Å². The Hall–Kier alpha value is -1.53. The number of rotatable bonds is 7. The zero-order chi connectivity index (χ0) is 17.5. The van der Waals surface area contributed by atoms with Gasteiger partial charge in [0, 0.05) is 19.6 Å². The van der Waals surface area contributed by atoms with E-state index in [1.165, 1.54) is 6.07 Å². The number of hydrogen-bond donors (Lipinski definition) is 2. The van der Waals surface area contributed by atoms with Crippen LogP contribution in [-0.4, -0.2) is 42.1 Å². The molecule has 1 heterocycles. The number of nitrogens with zero attached hydrogens (tertiary/aromatic N) is 1. The van der Waals surface area contributed by atoms with Gasteiger partial charge in [0.2, 0.25) is 5.91 Å². The number of piperidine rings is 1. The highest BCUT2D eigenvalue weighted by atomic mass is 19.1. The van der Waals surface area contributed by atoms with E-state index in [4.69, 9.17) is 0 Å². The molecule has 6 heteroatoms. The number of unbranched alkanes of at least 4 members (excludes halogenated alkanes) is 1. The van der Waals surface area contributed by atoms with Crippen LogP contribution in [0.2, 0.25) is 0 Å². The summed E-state index contributed by atoms with van der Waals surface area (Å²) in [4.78, 5) is 14.1. The summed E-state index contributed by atoms with van der Waals surface area (Å²) in [6.45, 7) is 4.08. The Labute approximate surface area is 141 Å². The SMILES string of the molecule is CCCCNC(=O)C1CCCN(CC(O)c2c(F)cccc2F)C1. The van der Waals surface area contributed by atoms with E-state index in [0.29, 0.717) is 19.6 Å². The van der Waals surface area contributed by atoms with Crippen molar-refractivity contribution in [1.82, 2.24) is 10.2 Å². The Morgan fingerprint density at radius 2 is 2.12 bits per heavy atom.